The highest BCUT2D eigenvalue weighted by atomic mass is 16.4. The molecule has 0 amide bonds. The lowest BCUT2D eigenvalue weighted by Crippen LogP contribution is -2.21. The average Bonchev–Trinajstić information content (AvgIpc) is 2.77. The summed E-state index contributed by atoms with van der Waals surface area (Å²) >= 11 is 0. The zero-order chi connectivity index (χ0) is 11.5. The van der Waals surface area contributed by atoms with Crippen LogP contribution in [0.4, 0.5) is 5.82 Å². The predicted octanol–water partition coefficient (Wildman–Crippen LogP) is 0.598. The minimum Gasteiger partial charge on any atom is -0.478 e. The Morgan fingerprint density at radius 1 is 1.56 bits per heavy atom. The number of anilines is 1. The van der Waals surface area contributed by atoms with Gasteiger partial charge in [0.05, 0.1) is 5.56 Å². The Hall–Kier alpha value is -1.62. The first-order valence-corrected chi connectivity index (χ1v) is 5.26. The molecule has 0 radical (unpaired) electrons. The van der Waals surface area contributed by atoms with Crippen LogP contribution in [0.25, 0.3) is 0 Å². The van der Waals surface area contributed by atoms with Gasteiger partial charge in [-0.3, -0.25) is 0 Å². The van der Waals surface area contributed by atoms with E-state index in [-0.39, 0.29) is 12.2 Å². The third-order valence-electron chi connectivity index (χ3n) is 2.86. The molecule has 0 saturated carbocycles. The summed E-state index contributed by atoms with van der Waals surface area (Å²) in [7, 11) is 0. The second-order valence-corrected chi connectivity index (χ2v) is 3.99. The molecule has 86 valence electrons. The molecule has 0 aliphatic carbocycles. The Balaban J connectivity index is 2.08. The molecule has 1 aromatic rings. The molecule has 2 heterocycles. The third-order valence-corrected chi connectivity index (χ3v) is 2.86. The van der Waals surface area contributed by atoms with Gasteiger partial charge in [0.1, 0.15) is 5.82 Å². The van der Waals surface area contributed by atoms with Gasteiger partial charge in [0.15, 0.2) is 0 Å². The highest BCUT2D eigenvalue weighted by molar-refractivity contribution is 5.87. The van der Waals surface area contributed by atoms with Crippen LogP contribution in [0.1, 0.15) is 16.8 Å². The number of hydrogen-bond acceptors (Lipinski definition) is 4. The van der Waals surface area contributed by atoms with E-state index in [0.717, 1.165) is 25.3 Å². The molecule has 1 saturated heterocycles. The number of aromatic nitrogens is 1. The Kier molecular flexibility index (Phi) is 3.05. The third kappa shape index (κ3) is 2.14. The van der Waals surface area contributed by atoms with Crippen LogP contribution in [0.2, 0.25) is 0 Å². The number of aromatic carboxylic acids is 1. The van der Waals surface area contributed by atoms with Gasteiger partial charge in [-0.2, -0.15) is 0 Å². The summed E-state index contributed by atoms with van der Waals surface area (Å²) in [5, 5.41) is 17.8. The first-order chi connectivity index (χ1) is 7.70. The van der Waals surface area contributed by atoms with Crippen LogP contribution in [0.15, 0.2) is 18.3 Å². The van der Waals surface area contributed by atoms with Crippen LogP contribution < -0.4 is 4.90 Å². The lowest BCUT2D eigenvalue weighted by molar-refractivity contribution is 0.0696. The lowest BCUT2D eigenvalue weighted by Gasteiger charge is -2.16. The van der Waals surface area contributed by atoms with Gasteiger partial charge >= 0.3 is 5.97 Å². The molecule has 1 aliphatic heterocycles. The number of carboxylic acids is 1. The molecule has 0 aromatic carbocycles. The quantitative estimate of drug-likeness (QED) is 0.783. The maximum Gasteiger partial charge on any atom is 0.337 e. The molecular weight excluding hydrogens is 208 g/mol. The molecule has 1 aromatic heterocycles. The number of carboxylic acid groups (broad SMARTS) is 1. The van der Waals surface area contributed by atoms with Crippen LogP contribution in [0.3, 0.4) is 0 Å². The summed E-state index contributed by atoms with van der Waals surface area (Å²) in [5.74, 6) is 0.121. The highest BCUT2D eigenvalue weighted by Crippen LogP contribution is 2.21. The van der Waals surface area contributed by atoms with E-state index >= 15 is 0 Å². The maximum absolute atomic E-state index is 10.6. The molecule has 0 spiro atoms. The SMILES string of the molecule is O=C(O)c1ccc(N2CCC(CO)C2)nc1. The van der Waals surface area contributed by atoms with Crippen molar-refractivity contribution in [2.45, 2.75) is 6.42 Å². The van der Waals surface area contributed by atoms with Crippen molar-refractivity contribution in [3.63, 3.8) is 0 Å². The van der Waals surface area contributed by atoms with E-state index in [4.69, 9.17) is 10.2 Å². The molecular formula is C11H14N2O3. The molecule has 5 nitrogen and oxygen atoms in total. The summed E-state index contributed by atoms with van der Waals surface area (Å²) in [6.45, 7) is 1.85. The molecule has 2 N–H and O–H groups in total. The first kappa shape index (κ1) is 10.9. The van der Waals surface area contributed by atoms with Gasteiger partial charge in [0.2, 0.25) is 0 Å². The average molecular weight is 222 g/mol. The first-order valence-electron chi connectivity index (χ1n) is 5.26. The zero-order valence-corrected chi connectivity index (χ0v) is 8.83. The van der Waals surface area contributed by atoms with Crippen molar-refractivity contribution in [1.29, 1.82) is 0 Å². The van der Waals surface area contributed by atoms with E-state index in [1.165, 1.54) is 6.20 Å². The topological polar surface area (TPSA) is 73.7 Å². The number of pyridine rings is 1. The van der Waals surface area contributed by atoms with Crippen molar-refractivity contribution in [1.82, 2.24) is 4.98 Å². The maximum atomic E-state index is 10.6. The van der Waals surface area contributed by atoms with Gasteiger partial charge in [-0.05, 0) is 18.6 Å². The van der Waals surface area contributed by atoms with E-state index < -0.39 is 5.97 Å². The zero-order valence-electron chi connectivity index (χ0n) is 8.83. The van der Waals surface area contributed by atoms with Gasteiger partial charge in [-0.25, -0.2) is 9.78 Å². The summed E-state index contributed by atoms with van der Waals surface area (Å²) < 4.78 is 0. The van der Waals surface area contributed by atoms with Gasteiger partial charge in [-0.15, -0.1) is 0 Å². The highest BCUT2D eigenvalue weighted by Gasteiger charge is 2.22. The lowest BCUT2D eigenvalue weighted by atomic mass is 10.1. The van der Waals surface area contributed by atoms with E-state index in [2.05, 4.69) is 9.88 Å². The van der Waals surface area contributed by atoms with Crippen molar-refractivity contribution in [3.05, 3.63) is 23.9 Å². The number of aliphatic hydroxyl groups excluding tert-OH is 1. The molecule has 2 rings (SSSR count). The summed E-state index contributed by atoms with van der Waals surface area (Å²) in [6, 6.07) is 3.26. The molecule has 1 unspecified atom stereocenters. The van der Waals surface area contributed by atoms with Crippen molar-refractivity contribution in [2.24, 2.45) is 5.92 Å². The fourth-order valence-electron chi connectivity index (χ4n) is 1.89. The van der Waals surface area contributed by atoms with Gasteiger partial charge in [0, 0.05) is 31.8 Å². The Morgan fingerprint density at radius 2 is 2.38 bits per heavy atom. The van der Waals surface area contributed by atoms with Crippen LogP contribution in [0.5, 0.6) is 0 Å². The van der Waals surface area contributed by atoms with Crippen LogP contribution >= 0.6 is 0 Å². The monoisotopic (exact) mass is 222 g/mol. The Morgan fingerprint density at radius 3 is 2.88 bits per heavy atom. The standard InChI is InChI=1S/C11H14N2O3/c14-7-8-3-4-13(6-8)10-2-1-9(5-12-10)11(15)16/h1-2,5,8,14H,3-4,6-7H2,(H,15,16). The summed E-state index contributed by atoms with van der Waals surface area (Å²) in [4.78, 5) is 16.8. The van der Waals surface area contributed by atoms with E-state index in [1.807, 2.05) is 0 Å². The Bertz CT molecular complexity index is 377. The Labute approximate surface area is 93.3 Å². The van der Waals surface area contributed by atoms with Crippen molar-refractivity contribution < 1.29 is 15.0 Å². The second kappa shape index (κ2) is 4.49. The smallest absolute Gasteiger partial charge is 0.337 e. The van der Waals surface area contributed by atoms with E-state index in [0.29, 0.717) is 5.92 Å². The predicted molar refractivity (Wildman–Crippen MR) is 58.6 cm³/mol. The number of rotatable bonds is 3. The number of carbonyl (C=O) groups is 1. The number of aliphatic hydroxyl groups is 1. The molecule has 5 heteroatoms. The van der Waals surface area contributed by atoms with Gasteiger partial charge < -0.3 is 15.1 Å². The fourth-order valence-corrected chi connectivity index (χ4v) is 1.89. The number of nitrogens with zero attached hydrogens (tertiary/aromatic N) is 2. The van der Waals surface area contributed by atoms with Crippen LogP contribution in [-0.4, -0.2) is 40.9 Å². The van der Waals surface area contributed by atoms with Crippen molar-refractivity contribution in [3.8, 4) is 0 Å². The van der Waals surface area contributed by atoms with Gasteiger partial charge in [-0.1, -0.05) is 0 Å². The largest absolute Gasteiger partial charge is 0.478 e. The van der Waals surface area contributed by atoms with Gasteiger partial charge in [0.25, 0.3) is 0 Å². The van der Waals surface area contributed by atoms with E-state index in [9.17, 15) is 4.79 Å². The molecule has 1 fully saturated rings. The molecule has 1 atom stereocenters. The van der Waals surface area contributed by atoms with Crippen molar-refractivity contribution >= 4 is 11.8 Å². The molecule has 1 aliphatic rings. The summed E-state index contributed by atoms with van der Waals surface area (Å²) in [5.41, 5.74) is 0.196. The molecule has 0 bridgehead atoms. The minimum absolute atomic E-state index is 0.196. The normalized spacial score (nSPS) is 20.1. The second-order valence-electron chi connectivity index (χ2n) is 3.99. The minimum atomic E-state index is -0.964. The van der Waals surface area contributed by atoms with Crippen molar-refractivity contribution in [2.75, 3.05) is 24.6 Å². The summed E-state index contributed by atoms with van der Waals surface area (Å²) in [6.07, 6.45) is 2.32. The van der Waals surface area contributed by atoms with E-state index in [1.54, 1.807) is 12.1 Å². The van der Waals surface area contributed by atoms with Crippen LogP contribution in [0, 0.1) is 5.92 Å². The van der Waals surface area contributed by atoms with Crippen LogP contribution in [-0.2, 0) is 0 Å². The number of hydrogen-bond donors (Lipinski definition) is 2. The fraction of sp³-hybridized carbons (Fsp3) is 0.455. The molecule has 16 heavy (non-hydrogen) atoms.